The number of aliphatic hydroxyl groups excluding tert-OH is 1. The SMILES string of the molecule is CC(C)N(CCOC(=O)c1ccc(COc2cccc([C@@H](NC(=O)O[C@@H]3CN4CCC3CC4)c3ccccc3)c2)cc1)C(=O)c1ccc(CNC[C@H](O)c2ccc(O)c3[nH]c(=O)ccc23)cc1. The molecule has 3 aliphatic heterocycles. The number of rotatable bonds is 18. The van der Waals surface area contributed by atoms with Crippen LogP contribution in [0.25, 0.3) is 10.9 Å². The number of H-pyrrole nitrogens is 1. The third-order valence-corrected chi connectivity index (χ3v) is 12.6. The number of nitrogens with one attached hydrogen (secondary N) is 3. The predicted octanol–water partition coefficient (Wildman–Crippen LogP) is 7.25. The van der Waals surface area contributed by atoms with Crippen molar-refractivity contribution < 1.29 is 38.8 Å². The molecular formula is C53H57N5O9. The Kier molecular flexibility index (Phi) is 15.0. The van der Waals surface area contributed by atoms with E-state index in [0.717, 1.165) is 54.7 Å². The number of phenols is 1. The van der Waals surface area contributed by atoms with Gasteiger partial charge in [0, 0.05) is 42.7 Å². The predicted molar refractivity (Wildman–Crippen MR) is 254 cm³/mol. The van der Waals surface area contributed by atoms with E-state index in [9.17, 15) is 29.4 Å². The quantitative estimate of drug-likeness (QED) is 0.0548. The van der Waals surface area contributed by atoms with Crippen molar-refractivity contribution in [2.75, 3.05) is 39.3 Å². The second-order valence-electron chi connectivity index (χ2n) is 17.5. The van der Waals surface area contributed by atoms with Crippen molar-refractivity contribution >= 4 is 28.9 Å². The molecule has 2 amide bonds. The van der Waals surface area contributed by atoms with E-state index < -0.39 is 24.2 Å². The lowest BCUT2D eigenvalue weighted by atomic mass is 9.86. The Balaban J connectivity index is 0.793. The first-order chi connectivity index (χ1) is 32.5. The molecular weight excluding hydrogens is 851 g/mol. The van der Waals surface area contributed by atoms with Crippen LogP contribution in [0.2, 0.25) is 0 Å². The molecule has 5 N–H and O–H groups in total. The molecule has 3 fully saturated rings. The lowest BCUT2D eigenvalue weighted by Gasteiger charge is -2.43. The summed E-state index contributed by atoms with van der Waals surface area (Å²) in [5, 5.41) is 28.0. The van der Waals surface area contributed by atoms with Gasteiger partial charge in [0.25, 0.3) is 5.91 Å². The maximum Gasteiger partial charge on any atom is 0.408 e. The Labute approximate surface area is 389 Å². The van der Waals surface area contributed by atoms with Crippen molar-refractivity contribution in [3.05, 3.63) is 177 Å². The number of piperidine rings is 3. The molecule has 9 rings (SSSR count). The van der Waals surface area contributed by atoms with E-state index in [1.165, 1.54) is 12.1 Å². The summed E-state index contributed by atoms with van der Waals surface area (Å²) < 4.78 is 17.8. The molecule has 1 aromatic heterocycles. The highest BCUT2D eigenvalue weighted by atomic mass is 16.6. The first-order valence-electron chi connectivity index (χ1n) is 22.9. The van der Waals surface area contributed by atoms with Crippen LogP contribution in [-0.4, -0.2) is 94.4 Å². The minimum atomic E-state index is -0.901. The number of fused-ring (bicyclic) bond motifs is 4. The molecule has 0 unspecified atom stereocenters. The van der Waals surface area contributed by atoms with Gasteiger partial charge in [0.05, 0.1) is 29.8 Å². The Hall–Kier alpha value is -7.00. The molecule has 67 heavy (non-hydrogen) atoms. The monoisotopic (exact) mass is 907 g/mol. The van der Waals surface area contributed by atoms with E-state index in [1.807, 2.05) is 92.7 Å². The normalized spacial score (nSPS) is 17.4. The molecule has 2 bridgehead atoms. The number of ether oxygens (including phenoxy) is 3. The number of hydrogen-bond acceptors (Lipinski definition) is 11. The lowest BCUT2D eigenvalue weighted by molar-refractivity contribution is -0.0336. The van der Waals surface area contributed by atoms with Crippen LogP contribution < -0.4 is 20.9 Å². The van der Waals surface area contributed by atoms with Gasteiger partial charge >= 0.3 is 12.1 Å². The van der Waals surface area contributed by atoms with Crippen molar-refractivity contribution in [1.82, 2.24) is 25.4 Å². The molecule has 3 aliphatic rings. The Bertz CT molecular complexity index is 2700. The van der Waals surface area contributed by atoms with Gasteiger partial charge in [0.2, 0.25) is 5.56 Å². The molecule has 5 aromatic carbocycles. The van der Waals surface area contributed by atoms with Crippen LogP contribution >= 0.6 is 0 Å². The molecule has 0 spiro atoms. The lowest BCUT2D eigenvalue weighted by Crippen LogP contribution is -2.52. The first-order valence-corrected chi connectivity index (χ1v) is 22.9. The van der Waals surface area contributed by atoms with Gasteiger partial charge in [-0.3, -0.25) is 14.5 Å². The van der Waals surface area contributed by atoms with Crippen molar-refractivity contribution in [3.8, 4) is 11.5 Å². The van der Waals surface area contributed by atoms with Crippen LogP contribution in [0.4, 0.5) is 4.79 Å². The van der Waals surface area contributed by atoms with Gasteiger partial charge in [-0.25, -0.2) is 9.59 Å². The number of benzene rings is 5. The second-order valence-corrected chi connectivity index (χ2v) is 17.5. The highest BCUT2D eigenvalue weighted by Crippen LogP contribution is 2.32. The zero-order valence-corrected chi connectivity index (χ0v) is 37.7. The first kappa shape index (κ1) is 46.5. The van der Waals surface area contributed by atoms with Crippen LogP contribution in [0.5, 0.6) is 11.5 Å². The van der Waals surface area contributed by atoms with Crippen LogP contribution in [-0.2, 0) is 22.6 Å². The van der Waals surface area contributed by atoms with Crippen LogP contribution in [0.15, 0.2) is 132 Å². The number of aromatic hydroxyl groups is 1. The summed E-state index contributed by atoms with van der Waals surface area (Å²) in [4.78, 5) is 58.3. The molecule has 14 heteroatoms. The standard InChI is InChI=1S/C53H57N5O9/c1-34(2)58(51(62)39-15-11-35(12-16-39)30-54-31-46(60)43-19-21-45(59)50-44(43)20-22-48(61)55-50)27-28-65-52(63)40-17-13-36(14-18-40)33-66-42-10-6-9-41(29-42)49(38-7-4-3-5-8-38)56-53(64)67-47-32-57-25-23-37(47)24-26-57/h3-22,29,34,37,46-47,49,54,59-60H,23-28,30-33H2,1-2H3,(H,55,61)(H,56,64)/t46-,47+,49-/m0/s1. The number of aliphatic hydroxyl groups is 1. The number of hydrogen-bond donors (Lipinski definition) is 5. The molecule has 14 nitrogen and oxygen atoms in total. The number of phenolic OH excluding ortho intramolecular Hbond substituents is 1. The summed E-state index contributed by atoms with van der Waals surface area (Å²) in [6.45, 7) is 7.83. The van der Waals surface area contributed by atoms with Gasteiger partial charge in [-0.2, -0.15) is 0 Å². The topological polar surface area (TPSA) is 183 Å². The van der Waals surface area contributed by atoms with E-state index in [0.29, 0.717) is 40.3 Å². The van der Waals surface area contributed by atoms with Gasteiger partial charge in [0.1, 0.15) is 30.8 Å². The van der Waals surface area contributed by atoms with Crippen LogP contribution in [0.3, 0.4) is 0 Å². The molecule has 4 heterocycles. The maximum atomic E-state index is 13.6. The van der Waals surface area contributed by atoms with Crippen molar-refractivity contribution in [2.45, 2.75) is 64.1 Å². The van der Waals surface area contributed by atoms with Gasteiger partial charge in [-0.15, -0.1) is 0 Å². The number of pyridine rings is 1. The molecule has 3 atom stereocenters. The third-order valence-electron chi connectivity index (χ3n) is 12.6. The van der Waals surface area contributed by atoms with E-state index in [-0.39, 0.29) is 61.2 Å². The van der Waals surface area contributed by atoms with Gasteiger partial charge in [0.15, 0.2) is 0 Å². The molecule has 0 aliphatic carbocycles. The minimum Gasteiger partial charge on any atom is -0.506 e. The van der Waals surface area contributed by atoms with E-state index in [4.69, 9.17) is 14.2 Å². The third kappa shape index (κ3) is 11.7. The average molecular weight is 908 g/mol. The fourth-order valence-electron chi connectivity index (χ4n) is 8.88. The number of aromatic amines is 1. The zero-order chi connectivity index (χ0) is 46.9. The second kappa shape index (κ2) is 21.5. The number of amides is 2. The van der Waals surface area contributed by atoms with Crippen LogP contribution in [0, 0.1) is 5.92 Å². The molecule has 348 valence electrons. The Morgan fingerprint density at radius 1 is 0.836 bits per heavy atom. The summed E-state index contributed by atoms with van der Waals surface area (Å²) in [5.41, 5.74) is 4.88. The zero-order valence-electron chi connectivity index (χ0n) is 37.7. The number of carbonyl (C=O) groups excluding carboxylic acids is 3. The molecule has 3 saturated heterocycles. The van der Waals surface area contributed by atoms with Gasteiger partial charge in [-0.1, -0.05) is 72.8 Å². The van der Waals surface area contributed by atoms with E-state index in [1.54, 1.807) is 41.3 Å². The van der Waals surface area contributed by atoms with Crippen molar-refractivity contribution in [1.29, 1.82) is 0 Å². The van der Waals surface area contributed by atoms with E-state index >= 15 is 0 Å². The highest BCUT2D eigenvalue weighted by molar-refractivity contribution is 5.94. The minimum absolute atomic E-state index is 0.0109. The number of aromatic nitrogens is 1. The fraction of sp³-hybridized carbons (Fsp3) is 0.321. The van der Waals surface area contributed by atoms with Gasteiger partial charge in [-0.05, 0) is 122 Å². The molecule has 6 aromatic rings. The average Bonchev–Trinajstić information content (AvgIpc) is 3.35. The summed E-state index contributed by atoms with van der Waals surface area (Å²) >= 11 is 0. The number of alkyl carbamates (subject to hydrolysis) is 1. The Morgan fingerprint density at radius 2 is 1.55 bits per heavy atom. The number of esters is 1. The number of carbonyl (C=O) groups is 3. The summed E-state index contributed by atoms with van der Waals surface area (Å²) in [5.74, 6) is 0.265. The van der Waals surface area contributed by atoms with Crippen molar-refractivity contribution in [3.63, 3.8) is 0 Å². The smallest absolute Gasteiger partial charge is 0.408 e. The number of nitrogens with zero attached hydrogens (tertiary/aromatic N) is 2. The van der Waals surface area contributed by atoms with Gasteiger partial charge < -0.3 is 44.9 Å². The highest BCUT2D eigenvalue weighted by Gasteiger charge is 2.37. The van der Waals surface area contributed by atoms with Crippen molar-refractivity contribution in [2.24, 2.45) is 5.92 Å². The Morgan fingerprint density at radius 3 is 2.27 bits per heavy atom. The molecule has 0 radical (unpaired) electrons. The largest absolute Gasteiger partial charge is 0.506 e. The fourth-order valence-corrected chi connectivity index (χ4v) is 8.88. The maximum absolute atomic E-state index is 13.6. The molecule has 0 saturated carbocycles. The summed E-state index contributed by atoms with van der Waals surface area (Å²) in [7, 11) is 0. The van der Waals surface area contributed by atoms with E-state index in [2.05, 4.69) is 20.5 Å². The van der Waals surface area contributed by atoms with Crippen LogP contribution in [0.1, 0.15) is 87.4 Å². The summed E-state index contributed by atoms with van der Waals surface area (Å²) in [6.07, 6.45) is 0.672. The summed E-state index contributed by atoms with van der Waals surface area (Å²) in [6, 6.07) is 37.0.